The number of carbonyl (C=O) groups excluding carboxylic acids is 4. The van der Waals surface area contributed by atoms with Crippen molar-refractivity contribution in [2.45, 2.75) is 52.5 Å². The summed E-state index contributed by atoms with van der Waals surface area (Å²) in [6, 6.07) is 15.0. The van der Waals surface area contributed by atoms with Crippen LogP contribution in [0.25, 0.3) is 0 Å². The smallest absolute Gasteiger partial charge is 0.349 e. The number of benzene rings is 2. The minimum atomic E-state index is -1.02. The van der Waals surface area contributed by atoms with Gasteiger partial charge in [0.2, 0.25) is 11.8 Å². The fraction of sp³-hybridized carbons (Fsp3) is 0.407. The van der Waals surface area contributed by atoms with Gasteiger partial charge in [-0.1, -0.05) is 63.2 Å². The number of hydrogen-bond acceptors (Lipinski definition) is 6. The number of carbonyl (C=O) groups is 4. The number of rotatable bonds is 10. The van der Waals surface area contributed by atoms with E-state index in [1.54, 1.807) is 46.1 Å². The van der Waals surface area contributed by atoms with Crippen LogP contribution in [0.3, 0.4) is 0 Å². The van der Waals surface area contributed by atoms with Crippen LogP contribution < -0.4 is 21.3 Å². The summed E-state index contributed by atoms with van der Waals surface area (Å²) in [5.41, 5.74) is 11.9. The molecule has 0 aromatic heterocycles. The Bertz CT molecular complexity index is 1040. The van der Waals surface area contributed by atoms with Gasteiger partial charge in [-0.25, -0.2) is 10.2 Å². The molecule has 2 aromatic rings. The lowest BCUT2D eigenvalue weighted by Crippen LogP contribution is -2.57. The van der Waals surface area contributed by atoms with Crippen LogP contribution in [0.5, 0.6) is 5.75 Å². The van der Waals surface area contributed by atoms with E-state index in [0.717, 1.165) is 11.1 Å². The Kier molecular flexibility index (Phi) is 11.1. The lowest BCUT2D eigenvalue weighted by Gasteiger charge is -2.26. The van der Waals surface area contributed by atoms with Gasteiger partial charge < -0.3 is 10.5 Å². The third kappa shape index (κ3) is 8.20. The van der Waals surface area contributed by atoms with Crippen molar-refractivity contribution in [2.24, 2.45) is 17.6 Å². The van der Waals surface area contributed by atoms with Gasteiger partial charge in [0.05, 0.1) is 13.2 Å². The Balaban J connectivity index is 2.18. The second-order valence-electron chi connectivity index (χ2n) is 8.83. The number of hydrogen-bond donors (Lipinski definition) is 3. The van der Waals surface area contributed by atoms with E-state index in [0.29, 0.717) is 36.3 Å². The highest BCUT2D eigenvalue weighted by atomic mass is 16.5. The molecule has 2 aromatic carbocycles. The minimum absolute atomic E-state index is 0.290. The largest absolute Gasteiger partial charge is 0.497 e. The third-order valence-electron chi connectivity index (χ3n) is 5.94. The highest BCUT2D eigenvalue weighted by Gasteiger charge is 2.35. The molecule has 194 valence electrons. The molecule has 0 aliphatic heterocycles. The first kappa shape index (κ1) is 28.5. The topological polar surface area (TPSA) is 131 Å². The zero-order chi connectivity index (χ0) is 26.7. The molecule has 9 nitrogen and oxygen atoms in total. The number of aryl methyl sites for hydroxylation is 1. The van der Waals surface area contributed by atoms with E-state index in [-0.39, 0.29) is 0 Å². The molecule has 2 rings (SSSR count). The highest BCUT2D eigenvalue weighted by molar-refractivity contribution is 6.11. The maximum atomic E-state index is 13.4. The van der Waals surface area contributed by atoms with Crippen molar-refractivity contribution in [1.82, 2.24) is 15.8 Å². The summed E-state index contributed by atoms with van der Waals surface area (Å²) in [4.78, 5) is 52.3. The van der Waals surface area contributed by atoms with Gasteiger partial charge >= 0.3 is 6.03 Å². The summed E-state index contributed by atoms with van der Waals surface area (Å²) in [7, 11) is 1.55. The molecule has 0 aliphatic carbocycles. The second kappa shape index (κ2) is 14.0. The van der Waals surface area contributed by atoms with Crippen molar-refractivity contribution in [3.05, 3.63) is 65.7 Å². The summed E-state index contributed by atoms with van der Waals surface area (Å²) < 4.78 is 5.23. The predicted octanol–water partition coefficient (Wildman–Crippen LogP) is 2.98. The Morgan fingerprint density at radius 1 is 0.917 bits per heavy atom. The van der Waals surface area contributed by atoms with Gasteiger partial charge in [-0.15, -0.1) is 0 Å². The number of hydrazine groups is 1. The van der Waals surface area contributed by atoms with E-state index < -0.39 is 41.6 Å². The van der Waals surface area contributed by atoms with E-state index in [4.69, 9.17) is 10.5 Å². The van der Waals surface area contributed by atoms with Crippen molar-refractivity contribution in [2.75, 3.05) is 7.11 Å². The molecule has 0 bridgehead atoms. The van der Waals surface area contributed by atoms with E-state index in [1.807, 2.05) is 36.4 Å². The van der Waals surface area contributed by atoms with E-state index in [9.17, 15) is 19.2 Å². The SMILES string of the molecule is CCC(N)C(=O)NNC(=O)N(C(=O)C(C)CCc1ccccc1)C(=O)C(C)Cc1cccc(OC)c1. The number of nitrogens with two attached hydrogens (primary N) is 1. The van der Waals surface area contributed by atoms with E-state index >= 15 is 0 Å². The van der Waals surface area contributed by atoms with Gasteiger partial charge in [-0.2, -0.15) is 4.90 Å². The molecule has 5 amide bonds. The molecule has 0 saturated carbocycles. The Hall–Kier alpha value is -3.72. The number of nitrogens with one attached hydrogen (secondary N) is 2. The van der Waals surface area contributed by atoms with Gasteiger partial charge in [0.15, 0.2) is 0 Å². The number of urea groups is 1. The van der Waals surface area contributed by atoms with Gasteiger partial charge in [-0.05, 0) is 48.9 Å². The molecule has 0 radical (unpaired) electrons. The fourth-order valence-electron chi connectivity index (χ4n) is 3.59. The van der Waals surface area contributed by atoms with Gasteiger partial charge in [0.25, 0.3) is 5.91 Å². The standard InChI is InChI=1S/C27H36N4O5/c1-5-23(28)24(32)29-30-27(35)31(25(33)18(2)14-15-20-10-7-6-8-11-20)26(34)19(3)16-21-12-9-13-22(17-21)36-4/h6-13,17-19,23H,5,14-16,28H2,1-4H3,(H,29,32)(H,30,35). The lowest BCUT2D eigenvalue weighted by molar-refractivity contribution is -0.145. The van der Waals surface area contributed by atoms with Crippen molar-refractivity contribution in [1.29, 1.82) is 0 Å². The highest BCUT2D eigenvalue weighted by Crippen LogP contribution is 2.19. The molecule has 3 atom stereocenters. The zero-order valence-electron chi connectivity index (χ0n) is 21.3. The maximum absolute atomic E-state index is 13.4. The van der Waals surface area contributed by atoms with Crippen molar-refractivity contribution < 1.29 is 23.9 Å². The summed E-state index contributed by atoms with van der Waals surface area (Å²) >= 11 is 0. The van der Waals surface area contributed by atoms with Crippen molar-refractivity contribution in [3.8, 4) is 5.75 Å². The van der Waals surface area contributed by atoms with Gasteiger partial charge in [0, 0.05) is 11.8 Å². The van der Waals surface area contributed by atoms with Crippen molar-refractivity contribution in [3.63, 3.8) is 0 Å². The zero-order valence-corrected chi connectivity index (χ0v) is 21.3. The first-order valence-electron chi connectivity index (χ1n) is 12.1. The normalized spacial score (nSPS) is 13.1. The number of methoxy groups -OCH3 is 1. The van der Waals surface area contributed by atoms with Crippen LogP contribution >= 0.6 is 0 Å². The first-order chi connectivity index (χ1) is 17.2. The summed E-state index contributed by atoms with van der Waals surface area (Å²) in [6.45, 7) is 5.05. The van der Waals surface area contributed by atoms with Crippen LogP contribution in [-0.2, 0) is 27.2 Å². The lowest BCUT2D eigenvalue weighted by atomic mass is 9.97. The quantitative estimate of drug-likeness (QED) is 0.434. The molecule has 0 saturated heterocycles. The molecular weight excluding hydrogens is 460 g/mol. The van der Waals surface area contributed by atoms with E-state index in [1.165, 1.54) is 0 Å². The molecular formula is C27H36N4O5. The van der Waals surface area contributed by atoms with Crippen LogP contribution in [0.1, 0.15) is 44.7 Å². The van der Waals surface area contributed by atoms with Crippen LogP contribution in [0.15, 0.2) is 54.6 Å². The molecule has 9 heteroatoms. The molecule has 0 fully saturated rings. The summed E-state index contributed by atoms with van der Waals surface area (Å²) in [5.74, 6) is -2.59. The maximum Gasteiger partial charge on any atom is 0.349 e. The average molecular weight is 497 g/mol. The Morgan fingerprint density at radius 2 is 1.56 bits per heavy atom. The number of imide groups is 3. The monoisotopic (exact) mass is 496 g/mol. The van der Waals surface area contributed by atoms with Crippen LogP contribution in [0, 0.1) is 11.8 Å². The number of ether oxygens (including phenoxy) is 1. The second-order valence-corrected chi connectivity index (χ2v) is 8.83. The summed E-state index contributed by atoms with van der Waals surface area (Å²) in [6.07, 6.45) is 1.70. The van der Waals surface area contributed by atoms with Crippen LogP contribution in [0.4, 0.5) is 4.79 Å². The Labute approximate surface area is 212 Å². The predicted molar refractivity (Wildman–Crippen MR) is 137 cm³/mol. The molecule has 36 heavy (non-hydrogen) atoms. The summed E-state index contributed by atoms with van der Waals surface area (Å²) in [5, 5.41) is 0. The van der Waals surface area contributed by atoms with Gasteiger partial charge in [-0.3, -0.25) is 19.8 Å². The molecule has 0 aliphatic rings. The Morgan fingerprint density at radius 3 is 2.19 bits per heavy atom. The van der Waals surface area contributed by atoms with Crippen LogP contribution in [-0.4, -0.2) is 41.8 Å². The molecule has 4 N–H and O–H groups in total. The average Bonchev–Trinajstić information content (AvgIpc) is 2.90. The fourth-order valence-corrected chi connectivity index (χ4v) is 3.59. The van der Waals surface area contributed by atoms with Gasteiger partial charge in [0.1, 0.15) is 5.75 Å². The minimum Gasteiger partial charge on any atom is -0.497 e. The molecule has 3 unspecified atom stereocenters. The third-order valence-corrected chi connectivity index (χ3v) is 5.94. The van der Waals surface area contributed by atoms with E-state index in [2.05, 4.69) is 10.9 Å². The first-order valence-corrected chi connectivity index (χ1v) is 12.1. The number of amides is 5. The number of nitrogens with zero attached hydrogens (tertiary/aromatic N) is 1. The molecule has 0 spiro atoms. The molecule has 0 heterocycles. The van der Waals surface area contributed by atoms with Crippen LogP contribution in [0.2, 0.25) is 0 Å². The van der Waals surface area contributed by atoms with Crippen molar-refractivity contribution >= 4 is 23.8 Å².